The molecule has 0 N–H and O–H groups in total. The first kappa shape index (κ1) is 13.9. The molecule has 110 valence electrons. The molecule has 0 saturated carbocycles. The highest BCUT2D eigenvalue weighted by Gasteiger charge is 2.38. The maximum Gasteiger partial charge on any atom is 0.307 e. The first-order valence-corrected chi connectivity index (χ1v) is 7.93. The minimum Gasteiger partial charge on any atom is -0.337 e. The Balaban J connectivity index is 1.88. The summed E-state index contributed by atoms with van der Waals surface area (Å²) in [6.07, 6.45) is 1.35. The second kappa shape index (κ2) is 5.07. The molecule has 7 heteroatoms. The second-order valence-corrected chi connectivity index (χ2v) is 6.68. The van der Waals surface area contributed by atoms with Gasteiger partial charge in [-0.3, -0.25) is 9.78 Å². The van der Waals surface area contributed by atoms with Gasteiger partial charge < -0.3 is 4.90 Å². The summed E-state index contributed by atoms with van der Waals surface area (Å²) in [5, 5.41) is -0.350. The van der Waals surface area contributed by atoms with Crippen molar-refractivity contribution in [2.45, 2.75) is 18.2 Å². The van der Waals surface area contributed by atoms with E-state index in [1.54, 1.807) is 12.3 Å². The quantitative estimate of drug-likeness (QED) is 0.808. The first-order valence-electron chi connectivity index (χ1n) is 6.49. The van der Waals surface area contributed by atoms with Crippen LogP contribution in [-0.4, -0.2) is 36.0 Å². The van der Waals surface area contributed by atoms with Gasteiger partial charge in [-0.25, -0.2) is 0 Å². The third-order valence-corrected chi connectivity index (χ3v) is 4.79. The van der Waals surface area contributed by atoms with Crippen LogP contribution < -0.4 is 0 Å². The molecule has 1 aromatic carbocycles. The lowest BCUT2D eigenvalue weighted by Gasteiger charge is -2.17. The summed E-state index contributed by atoms with van der Waals surface area (Å²) >= 11 is 0. The lowest BCUT2D eigenvalue weighted by atomic mass is 10.1. The van der Waals surface area contributed by atoms with Crippen molar-refractivity contribution >= 4 is 27.0 Å². The number of carbonyl (C=O) groups excluding carboxylic acids is 1. The largest absolute Gasteiger partial charge is 0.337 e. The van der Waals surface area contributed by atoms with Gasteiger partial charge in [0.15, 0.2) is 0 Å². The van der Waals surface area contributed by atoms with Crippen LogP contribution in [0.3, 0.4) is 0 Å². The van der Waals surface area contributed by atoms with Gasteiger partial charge in [0.2, 0.25) is 5.91 Å². The molecule has 2 heterocycles. The molecule has 1 saturated heterocycles. The van der Waals surface area contributed by atoms with Gasteiger partial charge in [-0.2, -0.15) is 8.42 Å². The molecule has 1 atom stereocenters. The average molecular weight is 308 g/mol. The van der Waals surface area contributed by atoms with Crippen LogP contribution in [0.2, 0.25) is 0 Å². The zero-order chi connectivity index (χ0) is 15.0. The highest BCUT2D eigenvalue weighted by Crippen LogP contribution is 2.24. The summed E-state index contributed by atoms with van der Waals surface area (Å²) in [5.41, 5.74) is 1.67. The van der Waals surface area contributed by atoms with E-state index in [0.717, 1.165) is 16.5 Å². The van der Waals surface area contributed by atoms with Gasteiger partial charge in [0.05, 0.1) is 5.52 Å². The number of carbonyl (C=O) groups is 1. The Bertz CT molecular complexity index is 801. The van der Waals surface area contributed by atoms with Crippen molar-refractivity contribution in [3.05, 3.63) is 42.1 Å². The second-order valence-electron chi connectivity index (χ2n) is 5.06. The smallest absolute Gasteiger partial charge is 0.307 e. The number of nitrogens with zero attached hydrogens (tertiary/aromatic N) is 2. The maximum absolute atomic E-state index is 13.0. The van der Waals surface area contributed by atoms with Gasteiger partial charge in [0, 0.05) is 31.1 Å². The maximum atomic E-state index is 13.0. The summed E-state index contributed by atoms with van der Waals surface area (Å²) in [6, 6.07) is 9.27. The fraction of sp³-hybridized carbons (Fsp3) is 0.286. The Hall–Kier alpha value is -2.02. The van der Waals surface area contributed by atoms with E-state index >= 15 is 0 Å². The van der Waals surface area contributed by atoms with Crippen LogP contribution in [-0.2, 0) is 21.6 Å². The molecule has 1 aliphatic rings. The highest BCUT2D eigenvalue weighted by atomic mass is 32.3. The number of likely N-dealkylation sites (tertiary alicyclic amines) is 1. The fourth-order valence-corrected chi connectivity index (χ4v) is 3.28. The van der Waals surface area contributed by atoms with Crippen LogP contribution in [0.4, 0.5) is 3.89 Å². The number of hydrogen-bond donors (Lipinski definition) is 0. The zero-order valence-corrected chi connectivity index (χ0v) is 11.9. The van der Waals surface area contributed by atoms with Crippen molar-refractivity contribution in [1.29, 1.82) is 0 Å². The number of pyridine rings is 1. The van der Waals surface area contributed by atoms with Crippen molar-refractivity contribution in [2.75, 3.05) is 6.54 Å². The summed E-state index contributed by atoms with van der Waals surface area (Å²) in [5.74, 6) is -0.345. The fourth-order valence-electron chi connectivity index (χ4n) is 2.58. The van der Waals surface area contributed by atoms with Crippen LogP contribution in [0.25, 0.3) is 10.9 Å². The molecule has 0 aliphatic carbocycles. The van der Waals surface area contributed by atoms with E-state index in [0.29, 0.717) is 0 Å². The SMILES string of the molecule is O=C1CC(S(=O)(=O)F)CN1Cc1ccnc2ccccc12. The van der Waals surface area contributed by atoms with Gasteiger partial charge in [-0.1, -0.05) is 18.2 Å². The highest BCUT2D eigenvalue weighted by molar-refractivity contribution is 7.87. The minimum absolute atomic E-state index is 0.103. The number of benzene rings is 1. The number of rotatable bonds is 3. The van der Waals surface area contributed by atoms with Gasteiger partial charge in [0.1, 0.15) is 5.25 Å². The average Bonchev–Trinajstić information content (AvgIpc) is 2.81. The predicted molar refractivity (Wildman–Crippen MR) is 75.6 cm³/mol. The number of para-hydroxylation sites is 1. The van der Waals surface area contributed by atoms with E-state index in [2.05, 4.69) is 4.98 Å². The summed E-state index contributed by atoms with van der Waals surface area (Å²) in [6.45, 7) is 0.155. The van der Waals surface area contributed by atoms with E-state index < -0.39 is 15.5 Å². The van der Waals surface area contributed by atoms with Crippen LogP contribution in [0.15, 0.2) is 36.5 Å². The Kier molecular flexibility index (Phi) is 3.36. The molecule has 1 aromatic heterocycles. The molecule has 3 rings (SSSR count). The molecular weight excluding hydrogens is 295 g/mol. The molecule has 1 fully saturated rings. The monoisotopic (exact) mass is 308 g/mol. The third-order valence-electron chi connectivity index (χ3n) is 3.68. The predicted octanol–water partition coefficient (Wildman–Crippen LogP) is 1.64. The minimum atomic E-state index is -4.68. The van der Waals surface area contributed by atoms with Crippen LogP contribution >= 0.6 is 0 Å². The number of hydrogen-bond acceptors (Lipinski definition) is 4. The molecule has 0 spiro atoms. The molecule has 21 heavy (non-hydrogen) atoms. The lowest BCUT2D eigenvalue weighted by molar-refractivity contribution is -0.128. The normalized spacial score (nSPS) is 19.4. The Morgan fingerprint density at radius 3 is 2.76 bits per heavy atom. The van der Waals surface area contributed by atoms with Gasteiger partial charge >= 0.3 is 10.2 Å². The summed E-state index contributed by atoms with van der Waals surface area (Å²) in [4.78, 5) is 17.5. The zero-order valence-electron chi connectivity index (χ0n) is 11.1. The van der Waals surface area contributed by atoms with Crippen molar-refractivity contribution in [3.8, 4) is 0 Å². The molecular formula is C14H13FN2O3S. The molecule has 1 unspecified atom stereocenters. The molecule has 1 aliphatic heterocycles. The van der Waals surface area contributed by atoms with Gasteiger partial charge in [0.25, 0.3) is 0 Å². The van der Waals surface area contributed by atoms with E-state index in [4.69, 9.17) is 0 Å². The van der Waals surface area contributed by atoms with E-state index in [1.165, 1.54) is 4.90 Å². The molecule has 1 amide bonds. The number of halogens is 1. The molecule has 0 bridgehead atoms. The molecule has 2 aromatic rings. The number of amides is 1. The Morgan fingerprint density at radius 1 is 1.29 bits per heavy atom. The number of fused-ring (bicyclic) bond motifs is 1. The van der Waals surface area contributed by atoms with Crippen molar-refractivity contribution in [3.63, 3.8) is 0 Å². The van der Waals surface area contributed by atoms with Crippen molar-refractivity contribution in [1.82, 2.24) is 9.88 Å². The van der Waals surface area contributed by atoms with E-state index in [1.807, 2.05) is 24.3 Å². The van der Waals surface area contributed by atoms with Crippen molar-refractivity contribution in [2.24, 2.45) is 0 Å². The Morgan fingerprint density at radius 2 is 2.05 bits per heavy atom. The topological polar surface area (TPSA) is 67.3 Å². The van der Waals surface area contributed by atoms with Gasteiger partial charge in [-0.15, -0.1) is 3.89 Å². The van der Waals surface area contributed by atoms with Gasteiger partial charge in [-0.05, 0) is 17.7 Å². The molecule has 5 nitrogen and oxygen atoms in total. The van der Waals surface area contributed by atoms with Crippen LogP contribution in [0.5, 0.6) is 0 Å². The Labute approximate surface area is 121 Å². The van der Waals surface area contributed by atoms with E-state index in [9.17, 15) is 17.1 Å². The summed E-state index contributed by atoms with van der Waals surface area (Å²) in [7, 11) is -4.68. The standard InChI is InChI=1S/C14H13FN2O3S/c15-21(19,20)11-7-14(18)17(9-11)8-10-5-6-16-13-4-2-1-3-12(10)13/h1-6,11H,7-9H2. The van der Waals surface area contributed by atoms with Crippen LogP contribution in [0, 0.1) is 0 Å². The van der Waals surface area contributed by atoms with Crippen molar-refractivity contribution < 1.29 is 17.1 Å². The van der Waals surface area contributed by atoms with E-state index in [-0.39, 0.29) is 25.4 Å². The third kappa shape index (κ3) is 2.73. The molecule has 0 radical (unpaired) electrons. The lowest BCUT2D eigenvalue weighted by Crippen LogP contribution is -2.26. The van der Waals surface area contributed by atoms with Crippen LogP contribution in [0.1, 0.15) is 12.0 Å². The first-order chi connectivity index (χ1) is 9.95. The number of aromatic nitrogens is 1. The summed E-state index contributed by atoms with van der Waals surface area (Å²) < 4.78 is 34.9.